The third-order valence-corrected chi connectivity index (χ3v) is 4.09. The zero-order valence-electron chi connectivity index (χ0n) is 14.2. The van der Waals surface area contributed by atoms with E-state index in [0.717, 1.165) is 23.4 Å². The number of rotatable bonds is 5. The Morgan fingerprint density at radius 1 is 1.15 bits per heavy atom. The number of hydrogen-bond donors (Lipinski definition) is 2. The molecule has 0 radical (unpaired) electrons. The lowest BCUT2D eigenvalue weighted by molar-refractivity contribution is -0.137. The van der Waals surface area contributed by atoms with Crippen molar-refractivity contribution in [2.24, 2.45) is 0 Å². The number of halogens is 3. The number of carbonyl (C=O) groups is 2. The minimum atomic E-state index is -4.42. The van der Waals surface area contributed by atoms with Gasteiger partial charge in [-0.25, -0.2) is 0 Å². The van der Waals surface area contributed by atoms with Gasteiger partial charge in [0.25, 0.3) is 5.91 Å². The zero-order valence-corrected chi connectivity index (χ0v) is 14.2. The first-order valence-electron chi connectivity index (χ1n) is 8.30. The quantitative estimate of drug-likeness (QED) is 0.839. The fourth-order valence-electron chi connectivity index (χ4n) is 2.71. The third-order valence-electron chi connectivity index (χ3n) is 4.09. The van der Waals surface area contributed by atoms with Gasteiger partial charge in [0, 0.05) is 18.7 Å². The zero-order chi connectivity index (χ0) is 19.4. The van der Waals surface area contributed by atoms with Crippen LogP contribution in [0.5, 0.6) is 5.75 Å². The number of nitrogens with one attached hydrogen (secondary N) is 2. The second-order valence-corrected chi connectivity index (χ2v) is 6.13. The van der Waals surface area contributed by atoms with Crippen LogP contribution in [0.25, 0.3) is 0 Å². The summed E-state index contributed by atoms with van der Waals surface area (Å²) in [5, 5.41) is 5.28. The fourth-order valence-corrected chi connectivity index (χ4v) is 2.71. The molecule has 0 bridgehead atoms. The molecule has 0 fully saturated rings. The number of carbonyl (C=O) groups excluding carboxylic acids is 2. The van der Waals surface area contributed by atoms with Crippen LogP contribution in [0.1, 0.15) is 23.1 Å². The van der Waals surface area contributed by atoms with Crippen LogP contribution in [-0.2, 0) is 28.7 Å². The van der Waals surface area contributed by atoms with E-state index in [2.05, 4.69) is 10.6 Å². The molecule has 2 aromatic carbocycles. The van der Waals surface area contributed by atoms with E-state index < -0.39 is 17.6 Å². The van der Waals surface area contributed by atoms with Crippen LogP contribution in [0.4, 0.5) is 18.9 Å². The molecule has 27 heavy (non-hydrogen) atoms. The highest BCUT2D eigenvalue weighted by atomic mass is 19.4. The average Bonchev–Trinajstić information content (AvgIpc) is 2.64. The van der Waals surface area contributed by atoms with Crippen LogP contribution in [0, 0.1) is 0 Å². The van der Waals surface area contributed by atoms with Crippen molar-refractivity contribution in [3.8, 4) is 5.75 Å². The Hall–Kier alpha value is -3.03. The average molecular weight is 378 g/mol. The first kappa shape index (κ1) is 18.8. The van der Waals surface area contributed by atoms with Crippen molar-refractivity contribution in [1.29, 1.82) is 0 Å². The maximum atomic E-state index is 12.7. The Bertz CT molecular complexity index is 866. The van der Waals surface area contributed by atoms with Gasteiger partial charge in [0.2, 0.25) is 5.91 Å². The van der Waals surface area contributed by atoms with Gasteiger partial charge >= 0.3 is 6.18 Å². The maximum absolute atomic E-state index is 12.7. The molecule has 5 nitrogen and oxygen atoms in total. The van der Waals surface area contributed by atoms with Crippen LogP contribution < -0.4 is 15.4 Å². The minimum Gasteiger partial charge on any atom is -0.484 e. The summed E-state index contributed by atoms with van der Waals surface area (Å²) in [5.41, 5.74) is 1.25. The predicted octanol–water partition coefficient (Wildman–Crippen LogP) is 3.29. The highest BCUT2D eigenvalue weighted by Crippen LogP contribution is 2.29. The summed E-state index contributed by atoms with van der Waals surface area (Å²) in [4.78, 5) is 23.2. The molecular weight excluding hydrogens is 361 g/mol. The van der Waals surface area contributed by atoms with Gasteiger partial charge in [-0.15, -0.1) is 0 Å². The molecule has 0 saturated heterocycles. The first-order chi connectivity index (χ1) is 12.8. The molecule has 1 aliphatic rings. The van der Waals surface area contributed by atoms with Crippen molar-refractivity contribution >= 4 is 17.5 Å². The van der Waals surface area contributed by atoms with Crippen LogP contribution >= 0.6 is 0 Å². The lowest BCUT2D eigenvalue weighted by atomic mass is 10.0. The molecule has 0 aromatic heterocycles. The Kier molecular flexibility index (Phi) is 5.34. The van der Waals surface area contributed by atoms with Gasteiger partial charge in [0.1, 0.15) is 5.75 Å². The first-order valence-corrected chi connectivity index (χ1v) is 8.30. The number of benzene rings is 2. The van der Waals surface area contributed by atoms with Gasteiger partial charge in [0.15, 0.2) is 6.61 Å². The highest BCUT2D eigenvalue weighted by molar-refractivity contribution is 5.94. The Morgan fingerprint density at radius 3 is 2.74 bits per heavy atom. The van der Waals surface area contributed by atoms with Crippen molar-refractivity contribution in [2.75, 3.05) is 11.9 Å². The molecule has 0 aliphatic carbocycles. The van der Waals surface area contributed by atoms with E-state index >= 15 is 0 Å². The van der Waals surface area contributed by atoms with Gasteiger partial charge < -0.3 is 15.4 Å². The Balaban J connectivity index is 1.51. The van der Waals surface area contributed by atoms with Gasteiger partial charge in [-0.1, -0.05) is 12.1 Å². The number of alkyl halides is 3. The van der Waals surface area contributed by atoms with Crippen molar-refractivity contribution < 1.29 is 27.5 Å². The number of aryl methyl sites for hydroxylation is 1. The van der Waals surface area contributed by atoms with Crippen LogP contribution in [0.3, 0.4) is 0 Å². The summed E-state index contributed by atoms with van der Waals surface area (Å²) in [6.45, 7) is -0.285. The van der Waals surface area contributed by atoms with Gasteiger partial charge in [-0.2, -0.15) is 13.2 Å². The van der Waals surface area contributed by atoms with Gasteiger partial charge in [-0.05, 0) is 47.9 Å². The molecule has 8 heteroatoms. The number of hydrogen-bond acceptors (Lipinski definition) is 3. The summed E-state index contributed by atoms with van der Waals surface area (Å²) >= 11 is 0. The number of ether oxygens (including phenoxy) is 1. The van der Waals surface area contributed by atoms with Crippen molar-refractivity contribution in [1.82, 2.24) is 5.32 Å². The smallest absolute Gasteiger partial charge is 0.416 e. The summed E-state index contributed by atoms with van der Waals surface area (Å²) in [7, 11) is 0. The highest BCUT2D eigenvalue weighted by Gasteiger charge is 2.30. The summed E-state index contributed by atoms with van der Waals surface area (Å²) in [6.07, 6.45) is -3.43. The third kappa shape index (κ3) is 4.99. The normalized spacial score (nSPS) is 13.5. The lowest BCUT2D eigenvalue weighted by Crippen LogP contribution is -2.28. The van der Waals surface area contributed by atoms with Crippen molar-refractivity contribution in [3.63, 3.8) is 0 Å². The molecule has 0 spiro atoms. The van der Waals surface area contributed by atoms with Gasteiger partial charge in [0.05, 0.1) is 5.56 Å². The SMILES string of the molecule is O=C(COc1ccc2c(c1)CCC(=O)N2)NCc1cccc(C(F)(F)F)c1. The molecule has 142 valence electrons. The van der Waals surface area contributed by atoms with Crippen molar-refractivity contribution in [3.05, 3.63) is 59.2 Å². The van der Waals surface area contributed by atoms with E-state index in [1.54, 1.807) is 18.2 Å². The number of amides is 2. The van der Waals surface area contributed by atoms with E-state index in [1.807, 2.05) is 0 Å². The van der Waals surface area contributed by atoms with E-state index in [9.17, 15) is 22.8 Å². The molecule has 3 rings (SSSR count). The number of anilines is 1. The molecular formula is C19H17F3N2O3. The Labute approximate surface area is 153 Å². The molecule has 1 aliphatic heterocycles. The molecule has 0 atom stereocenters. The monoisotopic (exact) mass is 378 g/mol. The molecule has 0 saturated carbocycles. The largest absolute Gasteiger partial charge is 0.484 e. The summed E-state index contributed by atoms with van der Waals surface area (Å²) < 4.78 is 43.5. The second-order valence-electron chi connectivity index (χ2n) is 6.13. The van der Waals surface area contributed by atoms with Gasteiger partial charge in [-0.3, -0.25) is 9.59 Å². The van der Waals surface area contributed by atoms with Crippen molar-refractivity contribution in [2.45, 2.75) is 25.6 Å². The molecule has 0 unspecified atom stereocenters. The van der Waals surface area contributed by atoms with E-state index in [0.29, 0.717) is 24.2 Å². The maximum Gasteiger partial charge on any atom is 0.416 e. The molecule has 2 aromatic rings. The van der Waals surface area contributed by atoms with Crippen LogP contribution in [0.2, 0.25) is 0 Å². The minimum absolute atomic E-state index is 0.0255. The predicted molar refractivity (Wildman–Crippen MR) is 92.2 cm³/mol. The van der Waals surface area contributed by atoms with Crippen LogP contribution in [0.15, 0.2) is 42.5 Å². The topological polar surface area (TPSA) is 67.4 Å². The fraction of sp³-hybridized carbons (Fsp3) is 0.263. The molecule has 2 N–H and O–H groups in total. The summed E-state index contributed by atoms with van der Waals surface area (Å²) in [6, 6.07) is 9.90. The second kappa shape index (κ2) is 7.69. The standard InChI is InChI=1S/C19H17F3N2O3/c20-19(21,22)14-3-1-2-12(8-14)10-23-18(26)11-27-15-5-6-16-13(9-15)4-7-17(25)24-16/h1-3,5-6,8-9H,4,7,10-11H2,(H,23,26)(H,24,25). The molecule has 2 amide bonds. The van der Waals surface area contributed by atoms with Crippen LogP contribution in [-0.4, -0.2) is 18.4 Å². The molecule has 1 heterocycles. The lowest BCUT2D eigenvalue weighted by Gasteiger charge is -2.17. The Morgan fingerprint density at radius 2 is 1.96 bits per heavy atom. The van der Waals surface area contributed by atoms with E-state index in [-0.39, 0.29) is 19.1 Å². The van der Waals surface area contributed by atoms with E-state index in [4.69, 9.17) is 4.74 Å². The van der Waals surface area contributed by atoms with E-state index in [1.165, 1.54) is 12.1 Å². The summed E-state index contributed by atoms with van der Waals surface area (Å²) in [5.74, 6) is 0.00249. The number of fused-ring (bicyclic) bond motifs is 1.